The quantitative estimate of drug-likeness (QED) is 0.606. The topological polar surface area (TPSA) is 79.4 Å². The minimum absolute atomic E-state index is 0.0695. The molecule has 0 unspecified atom stereocenters. The first kappa shape index (κ1) is 23.0. The van der Waals surface area contributed by atoms with Gasteiger partial charge in [-0.3, -0.25) is 9.69 Å². The molecule has 0 aliphatic carbocycles. The molecule has 3 heterocycles. The molecule has 2 aromatic rings. The van der Waals surface area contributed by atoms with Crippen molar-refractivity contribution >= 4 is 27.3 Å². The van der Waals surface area contributed by atoms with Crippen molar-refractivity contribution in [1.29, 1.82) is 0 Å². The molecule has 174 valence electrons. The standard InChI is InChI=1S/C22H29N3O5S2/c1-2-24(16-18-5-3-14-31-18)22(26)17-23-8-10-25(11-9-23)32(27,28)19-6-7-20-21(15-19)30-13-4-12-29-20/h3,5-7,14-15H,2,4,8-13,16-17H2,1H3. The van der Waals surface area contributed by atoms with E-state index in [1.807, 2.05) is 34.2 Å². The van der Waals surface area contributed by atoms with E-state index >= 15 is 0 Å². The maximum Gasteiger partial charge on any atom is 0.243 e. The van der Waals surface area contributed by atoms with Gasteiger partial charge in [-0.15, -0.1) is 11.3 Å². The van der Waals surface area contributed by atoms with E-state index in [4.69, 9.17) is 9.47 Å². The molecule has 1 aromatic carbocycles. The fourth-order valence-electron chi connectivity index (χ4n) is 3.84. The van der Waals surface area contributed by atoms with Crippen molar-refractivity contribution in [3.63, 3.8) is 0 Å². The lowest BCUT2D eigenvalue weighted by atomic mass is 10.3. The van der Waals surface area contributed by atoms with Crippen LogP contribution in [0.2, 0.25) is 0 Å². The van der Waals surface area contributed by atoms with Gasteiger partial charge in [-0.1, -0.05) is 6.07 Å². The summed E-state index contributed by atoms with van der Waals surface area (Å²) < 4.78 is 39.0. The predicted molar refractivity (Wildman–Crippen MR) is 123 cm³/mol. The molecule has 1 aromatic heterocycles. The summed E-state index contributed by atoms with van der Waals surface area (Å²) in [6, 6.07) is 8.80. The first-order valence-corrected chi connectivity index (χ1v) is 13.2. The Bertz CT molecular complexity index is 1020. The Hall–Kier alpha value is -2.14. The molecule has 1 amide bonds. The molecule has 0 bridgehead atoms. The van der Waals surface area contributed by atoms with E-state index < -0.39 is 10.0 Å². The van der Waals surface area contributed by atoms with Gasteiger partial charge in [-0.25, -0.2) is 8.42 Å². The number of ether oxygens (including phenoxy) is 2. The molecule has 0 atom stereocenters. The van der Waals surface area contributed by atoms with Gasteiger partial charge in [0.1, 0.15) is 0 Å². The van der Waals surface area contributed by atoms with Gasteiger partial charge in [0.25, 0.3) is 0 Å². The van der Waals surface area contributed by atoms with Crippen LogP contribution in [0.25, 0.3) is 0 Å². The number of carbonyl (C=O) groups is 1. The fraction of sp³-hybridized carbons (Fsp3) is 0.500. The van der Waals surface area contributed by atoms with Gasteiger partial charge in [0.2, 0.25) is 15.9 Å². The molecule has 8 nitrogen and oxygen atoms in total. The number of nitrogens with zero attached hydrogens (tertiary/aromatic N) is 3. The molecule has 0 radical (unpaired) electrons. The van der Waals surface area contributed by atoms with Gasteiger partial charge >= 0.3 is 0 Å². The Morgan fingerprint density at radius 1 is 1.09 bits per heavy atom. The normalized spacial score (nSPS) is 17.7. The zero-order chi connectivity index (χ0) is 22.6. The Morgan fingerprint density at radius 3 is 2.53 bits per heavy atom. The first-order chi connectivity index (χ1) is 15.5. The van der Waals surface area contributed by atoms with E-state index in [2.05, 4.69) is 0 Å². The SMILES string of the molecule is CCN(Cc1cccs1)C(=O)CN1CCN(S(=O)(=O)c2ccc3c(c2)OCCCO3)CC1. The molecule has 0 N–H and O–H groups in total. The van der Waals surface area contributed by atoms with E-state index in [1.54, 1.807) is 29.5 Å². The van der Waals surface area contributed by atoms with Crippen molar-refractivity contribution in [2.45, 2.75) is 24.8 Å². The highest BCUT2D eigenvalue weighted by Crippen LogP contribution is 2.33. The van der Waals surface area contributed by atoms with Crippen LogP contribution in [0.4, 0.5) is 0 Å². The largest absolute Gasteiger partial charge is 0.490 e. The molecule has 2 aliphatic rings. The smallest absolute Gasteiger partial charge is 0.243 e. The second-order valence-electron chi connectivity index (χ2n) is 7.83. The summed E-state index contributed by atoms with van der Waals surface area (Å²) in [5.74, 6) is 1.12. The number of benzene rings is 1. The second-order valence-corrected chi connectivity index (χ2v) is 10.8. The molecule has 2 aliphatic heterocycles. The van der Waals surface area contributed by atoms with Gasteiger partial charge < -0.3 is 14.4 Å². The maximum absolute atomic E-state index is 13.2. The van der Waals surface area contributed by atoms with Crippen LogP contribution in [0.15, 0.2) is 40.6 Å². The predicted octanol–water partition coefficient (Wildman–Crippen LogP) is 2.26. The first-order valence-electron chi connectivity index (χ1n) is 10.9. The second kappa shape index (κ2) is 10.2. The highest BCUT2D eigenvalue weighted by atomic mass is 32.2. The van der Waals surface area contributed by atoms with Crippen molar-refractivity contribution in [3.8, 4) is 11.5 Å². The minimum atomic E-state index is -3.64. The number of fused-ring (bicyclic) bond motifs is 1. The zero-order valence-corrected chi connectivity index (χ0v) is 19.9. The van der Waals surface area contributed by atoms with Crippen LogP contribution in [0.5, 0.6) is 11.5 Å². The van der Waals surface area contributed by atoms with E-state index in [0.29, 0.717) is 70.5 Å². The number of piperazine rings is 1. The molecule has 1 fully saturated rings. The van der Waals surface area contributed by atoms with Crippen LogP contribution in [0.3, 0.4) is 0 Å². The van der Waals surface area contributed by atoms with Gasteiger partial charge in [0.05, 0.1) is 31.2 Å². The van der Waals surface area contributed by atoms with Gasteiger partial charge in [-0.05, 0) is 30.5 Å². The van der Waals surface area contributed by atoms with Crippen molar-refractivity contribution in [2.75, 3.05) is 52.5 Å². The highest BCUT2D eigenvalue weighted by molar-refractivity contribution is 7.89. The maximum atomic E-state index is 13.2. The molecule has 32 heavy (non-hydrogen) atoms. The van der Waals surface area contributed by atoms with E-state index in [-0.39, 0.29) is 10.8 Å². The lowest BCUT2D eigenvalue weighted by Gasteiger charge is -2.34. The summed E-state index contributed by atoms with van der Waals surface area (Å²) in [6.45, 7) is 6.34. The highest BCUT2D eigenvalue weighted by Gasteiger charge is 2.30. The summed E-state index contributed by atoms with van der Waals surface area (Å²) >= 11 is 1.64. The van der Waals surface area contributed by atoms with Crippen molar-refractivity contribution in [2.24, 2.45) is 0 Å². The van der Waals surface area contributed by atoms with Gasteiger partial charge in [0.15, 0.2) is 11.5 Å². The fourth-order valence-corrected chi connectivity index (χ4v) is 6.00. The number of likely N-dealkylation sites (N-methyl/N-ethyl adjacent to an activating group) is 1. The molecule has 0 saturated carbocycles. The molecule has 10 heteroatoms. The Morgan fingerprint density at radius 2 is 1.84 bits per heavy atom. The van der Waals surface area contributed by atoms with Gasteiger partial charge in [-0.2, -0.15) is 4.31 Å². The monoisotopic (exact) mass is 479 g/mol. The molecular formula is C22H29N3O5S2. The average molecular weight is 480 g/mol. The third-order valence-electron chi connectivity index (χ3n) is 5.71. The van der Waals surface area contributed by atoms with Crippen LogP contribution in [-0.2, 0) is 21.4 Å². The van der Waals surface area contributed by atoms with E-state index in [0.717, 1.165) is 11.3 Å². The summed E-state index contributed by atoms with van der Waals surface area (Å²) in [4.78, 5) is 18.0. The van der Waals surface area contributed by atoms with Crippen LogP contribution < -0.4 is 9.47 Å². The summed E-state index contributed by atoms with van der Waals surface area (Å²) in [6.07, 6.45) is 0.764. The molecule has 4 rings (SSSR count). The Balaban J connectivity index is 1.34. The number of amides is 1. The average Bonchev–Trinajstić information content (AvgIpc) is 3.20. The van der Waals surface area contributed by atoms with Crippen LogP contribution in [-0.4, -0.2) is 80.9 Å². The summed E-state index contributed by atoms with van der Waals surface area (Å²) in [5, 5.41) is 2.01. The molecular weight excluding hydrogens is 450 g/mol. The van der Waals surface area contributed by atoms with Crippen LogP contribution in [0, 0.1) is 0 Å². The van der Waals surface area contributed by atoms with E-state index in [1.165, 1.54) is 4.31 Å². The number of hydrogen-bond acceptors (Lipinski definition) is 7. The van der Waals surface area contributed by atoms with E-state index in [9.17, 15) is 13.2 Å². The zero-order valence-electron chi connectivity index (χ0n) is 18.2. The lowest BCUT2D eigenvalue weighted by Crippen LogP contribution is -2.51. The summed E-state index contributed by atoms with van der Waals surface area (Å²) in [5.41, 5.74) is 0. The van der Waals surface area contributed by atoms with Crippen molar-refractivity contribution < 1.29 is 22.7 Å². The summed E-state index contributed by atoms with van der Waals surface area (Å²) in [7, 11) is -3.64. The van der Waals surface area contributed by atoms with Gasteiger partial charge in [0, 0.05) is 50.1 Å². The third kappa shape index (κ3) is 5.25. The number of carbonyl (C=O) groups excluding carboxylic acids is 1. The number of thiophene rings is 1. The van der Waals surface area contributed by atoms with Crippen molar-refractivity contribution in [1.82, 2.24) is 14.1 Å². The van der Waals surface area contributed by atoms with Crippen LogP contribution in [0.1, 0.15) is 18.2 Å². The minimum Gasteiger partial charge on any atom is -0.490 e. The number of rotatable bonds is 7. The Kier molecular flexibility index (Phi) is 7.34. The number of hydrogen-bond donors (Lipinski definition) is 0. The Labute approximate surface area is 193 Å². The van der Waals surface area contributed by atoms with Crippen LogP contribution >= 0.6 is 11.3 Å². The third-order valence-corrected chi connectivity index (χ3v) is 8.46. The molecule has 1 saturated heterocycles. The molecule has 0 spiro atoms. The lowest BCUT2D eigenvalue weighted by molar-refractivity contribution is -0.133. The van der Waals surface area contributed by atoms with Crippen molar-refractivity contribution in [3.05, 3.63) is 40.6 Å². The number of sulfonamides is 1.